The van der Waals surface area contributed by atoms with E-state index < -0.39 is 0 Å². The molecule has 30 heavy (non-hydrogen) atoms. The molecule has 1 aromatic heterocycles. The van der Waals surface area contributed by atoms with Crippen LogP contribution in [0.4, 0.5) is 5.69 Å². The van der Waals surface area contributed by atoms with Gasteiger partial charge in [-0.25, -0.2) is 4.68 Å². The Morgan fingerprint density at radius 2 is 1.97 bits per heavy atom. The smallest absolute Gasteiger partial charge is 0.195 e. The van der Waals surface area contributed by atoms with E-state index in [1.54, 1.807) is 20.4 Å². The van der Waals surface area contributed by atoms with Gasteiger partial charge >= 0.3 is 0 Å². The molecule has 7 nitrogen and oxygen atoms in total. The van der Waals surface area contributed by atoms with Crippen LogP contribution in [-0.2, 0) is 11.3 Å². The molecule has 0 aliphatic rings. The minimum Gasteiger partial charge on any atom is -0.493 e. The Morgan fingerprint density at radius 3 is 2.73 bits per heavy atom. The minimum absolute atomic E-state index is 0. The van der Waals surface area contributed by atoms with Crippen LogP contribution in [0.1, 0.15) is 12.0 Å². The molecule has 0 bridgehead atoms. The first-order valence-electron chi connectivity index (χ1n) is 9.57. The molecule has 0 amide bonds. The van der Waals surface area contributed by atoms with Crippen molar-refractivity contribution < 1.29 is 9.47 Å². The van der Waals surface area contributed by atoms with Crippen molar-refractivity contribution in [3.63, 3.8) is 0 Å². The number of aliphatic imine (C=N–C) groups is 1. The summed E-state index contributed by atoms with van der Waals surface area (Å²) in [6.45, 7) is 1.92. The lowest BCUT2D eigenvalue weighted by molar-refractivity contribution is 0.172. The molecule has 0 unspecified atom stereocenters. The van der Waals surface area contributed by atoms with Gasteiger partial charge in [0.1, 0.15) is 5.75 Å². The Morgan fingerprint density at radius 1 is 1.10 bits per heavy atom. The number of methoxy groups -OCH3 is 1. The van der Waals surface area contributed by atoms with Crippen LogP contribution in [0.2, 0.25) is 0 Å². The summed E-state index contributed by atoms with van der Waals surface area (Å²) in [5, 5.41) is 11.0. The molecule has 1 heterocycles. The Labute approximate surface area is 194 Å². The molecule has 2 aromatic carbocycles. The summed E-state index contributed by atoms with van der Waals surface area (Å²) in [4.78, 5) is 4.32. The molecular weight excluding hydrogens is 493 g/mol. The van der Waals surface area contributed by atoms with Crippen molar-refractivity contribution in [3.8, 4) is 11.4 Å². The van der Waals surface area contributed by atoms with E-state index in [0.29, 0.717) is 25.7 Å². The zero-order valence-corrected chi connectivity index (χ0v) is 19.6. The van der Waals surface area contributed by atoms with Crippen LogP contribution in [0.25, 0.3) is 5.69 Å². The molecule has 0 aliphatic carbocycles. The maximum absolute atomic E-state index is 5.76. The largest absolute Gasteiger partial charge is 0.493 e. The van der Waals surface area contributed by atoms with E-state index in [9.17, 15) is 0 Å². The SMILES string of the molecule is CN=C(NCc1ccccc1-n1cccn1)Nc1cccc(OCCCOC)c1.I. The number of nitrogens with one attached hydrogen (secondary N) is 2. The standard InChI is InChI=1S/C22H27N5O2.HI/c1-23-22(26-19-9-5-10-20(16-19)29-15-7-14-28-2)24-17-18-8-3-4-11-21(18)27-13-6-12-25-27;/h3-6,8-13,16H,7,14-15,17H2,1-2H3,(H2,23,24,26);1H. The summed E-state index contributed by atoms with van der Waals surface area (Å²) in [6.07, 6.45) is 4.56. The first-order chi connectivity index (χ1) is 14.3. The van der Waals surface area contributed by atoms with Crippen molar-refractivity contribution in [2.45, 2.75) is 13.0 Å². The molecule has 0 spiro atoms. The fourth-order valence-corrected chi connectivity index (χ4v) is 2.85. The predicted octanol–water partition coefficient (Wildman–Crippen LogP) is 4.09. The molecule has 0 radical (unpaired) electrons. The monoisotopic (exact) mass is 521 g/mol. The number of ether oxygens (including phenoxy) is 2. The maximum Gasteiger partial charge on any atom is 0.195 e. The summed E-state index contributed by atoms with van der Waals surface area (Å²) >= 11 is 0. The zero-order chi connectivity index (χ0) is 20.3. The van der Waals surface area contributed by atoms with Gasteiger partial charge in [-0.05, 0) is 29.8 Å². The summed E-state index contributed by atoms with van der Waals surface area (Å²) in [5.41, 5.74) is 3.06. The van der Waals surface area contributed by atoms with Crippen LogP contribution in [0.5, 0.6) is 5.75 Å². The summed E-state index contributed by atoms with van der Waals surface area (Å²) in [7, 11) is 3.44. The normalized spacial score (nSPS) is 10.9. The Bertz CT molecular complexity index is 915. The second kappa shape index (κ2) is 12.9. The van der Waals surface area contributed by atoms with Gasteiger partial charge in [-0.1, -0.05) is 24.3 Å². The van der Waals surface area contributed by atoms with Crippen molar-refractivity contribution in [3.05, 3.63) is 72.6 Å². The third-order valence-electron chi connectivity index (χ3n) is 4.27. The van der Waals surface area contributed by atoms with Gasteiger partial charge in [0.2, 0.25) is 0 Å². The highest BCUT2D eigenvalue weighted by Crippen LogP contribution is 2.18. The van der Waals surface area contributed by atoms with Gasteiger partial charge in [0.05, 0.1) is 12.3 Å². The van der Waals surface area contributed by atoms with Crippen LogP contribution in [0.15, 0.2) is 72.0 Å². The second-order valence-corrected chi connectivity index (χ2v) is 6.35. The van der Waals surface area contributed by atoms with E-state index in [-0.39, 0.29) is 24.0 Å². The van der Waals surface area contributed by atoms with Gasteiger partial charge in [0.15, 0.2) is 5.96 Å². The Hall–Kier alpha value is -2.59. The maximum atomic E-state index is 5.76. The van der Waals surface area contributed by atoms with Crippen LogP contribution in [-0.4, -0.2) is 43.1 Å². The third-order valence-corrected chi connectivity index (χ3v) is 4.27. The van der Waals surface area contributed by atoms with Gasteiger partial charge in [0, 0.05) is 57.9 Å². The molecular formula is C22H28IN5O2. The first kappa shape index (κ1) is 23.7. The molecule has 0 saturated carbocycles. The van der Waals surface area contributed by atoms with Crippen LogP contribution in [0.3, 0.4) is 0 Å². The van der Waals surface area contributed by atoms with Gasteiger partial charge < -0.3 is 20.1 Å². The van der Waals surface area contributed by atoms with Crippen LogP contribution >= 0.6 is 24.0 Å². The molecule has 0 atom stereocenters. The number of halogens is 1. The van der Waals surface area contributed by atoms with E-state index in [1.165, 1.54) is 0 Å². The first-order valence-corrected chi connectivity index (χ1v) is 9.57. The topological polar surface area (TPSA) is 72.7 Å². The number of guanidine groups is 1. The average Bonchev–Trinajstić information content (AvgIpc) is 3.29. The number of aromatic nitrogens is 2. The van der Waals surface area contributed by atoms with E-state index in [2.05, 4.69) is 26.8 Å². The van der Waals surface area contributed by atoms with Crippen molar-refractivity contribution in [2.24, 2.45) is 4.99 Å². The number of nitrogens with zero attached hydrogens (tertiary/aromatic N) is 3. The fraction of sp³-hybridized carbons (Fsp3) is 0.273. The molecule has 160 valence electrons. The second-order valence-electron chi connectivity index (χ2n) is 6.35. The van der Waals surface area contributed by atoms with E-state index in [0.717, 1.165) is 29.1 Å². The lowest BCUT2D eigenvalue weighted by Gasteiger charge is -2.15. The minimum atomic E-state index is 0. The summed E-state index contributed by atoms with van der Waals surface area (Å²) in [6, 6.07) is 17.9. The molecule has 0 fully saturated rings. The zero-order valence-electron chi connectivity index (χ0n) is 17.2. The van der Waals surface area contributed by atoms with E-state index >= 15 is 0 Å². The van der Waals surface area contributed by atoms with Gasteiger partial charge in [-0.15, -0.1) is 24.0 Å². The summed E-state index contributed by atoms with van der Waals surface area (Å²) in [5.74, 6) is 1.49. The van der Waals surface area contributed by atoms with Gasteiger partial charge in [-0.3, -0.25) is 4.99 Å². The lowest BCUT2D eigenvalue weighted by Crippen LogP contribution is -2.30. The van der Waals surface area contributed by atoms with Gasteiger partial charge in [-0.2, -0.15) is 5.10 Å². The molecule has 0 saturated heterocycles. The number of benzene rings is 2. The van der Waals surface area contributed by atoms with Crippen LogP contribution in [0, 0.1) is 0 Å². The Balaban J connectivity index is 0.00000320. The third kappa shape index (κ3) is 7.03. The number of para-hydroxylation sites is 1. The molecule has 3 rings (SSSR count). The molecule has 2 N–H and O–H groups in total. The van der Waals surface area contributed by atoms with Crippen molar-refractivity contribution >= 4 is 35.6 Å². The lowest BCUT2D eigenvalue weighted by atomic mass is 10.2. The summed E-state index contributed by atoms with van der Waals surface area (Å²) < 4.78 is 12.7. The van der Waals surface area contributed by atoms with Crippen molar-refractivity contribution in [1.29, 1.82) is 0 Å². The number of hydrogen-bond donors (Lipinski definition) is 2. The highest BCUT2D eigenvalue weighted by molar-refractivity contribution is 14.0. The highest BCUT2D eigenvalue weighted by atomic mass is 127. The predicted molar refractivity (Wildman–Crippen MR) is 131 cm³/mol. The highest BCUT2D eigenvalue weighted by Gasteiger charge is 2.06. The Kier molecular flexibility index (Phi) is 10.2. The fourth-order valence-electron chi connectivity index (χ4n) is 2.85. The van der Waals surface area contributed by atoms with Crippen molar-refractivity contribution in [1.82, 2.24) is 15.1 Å². The van der Waals surface area contributed by atoms with Crippen molar-refractivity contribution in [2.75, 3.05) is 32.7 Å². The van der Waals surface area contributed by atoms with E-state index in [4.69, 9.17) is 9.47 Å². The van der Waals surface area contributed by atoms with Crippen LogP contribution < -0.4 is 15.4 Å². The quantitative estimate of drug-likeness (QED) is 0.192. The number of anilines is 1. The van der Waals surface area contributed by atoms with E-state index in [1.807, 2.05) is 59.4 Å². The average molecular weight is 521 g/mol. The number of hydrogen-bond acceptors (Lipinski definition) is 4. The number of rotatable bonds is 9. The molecule has 0 aliphatic heterocycles. The molecule has 8 heteroatoms. The van der Waals surface area contributed by atoms with Gasteiger partial charge in [0.25, 0.3) is 0 Å². The molecule has 3 aromatic rings.